The van der Waals surface area contributed by atoms with Gasteiger partial charge in [0.2, 0.25) is 0 Å². The molecule has 0 saturated heterocycles. The number of rotatable bonds is 4. The van der Waals surface area contributed by atoms with Crippen molar-refractivity contribution in [2.24, 2.45) is 5.73 Å². The Labute approximate surface area is 117 Å². The van der Waals surface area contributed by atoms with Gasteiger partial charge in [0.15, 0.2) is 0 Å². The van der Waals surface area contributed by atoms with E-state index in [2.05, 4.69) is 48.5 Å². The van der Waals surface area contributed by atoms with Gasteiger partial charge in [0.05, 0.1) is 0 Å². The van der Waals surface area contributed by atoms with Crippen molar-refractivity contribution in [2.75, 3.05) is 5.75 Å². The van der Waals surface area contributed by atoms with Gasteiger partial charge < -0.3 is 5.73 Å². The van der Waals surface area contributed by atoms with Crippen molar-refractivity contribution < 1.29 is 0 Å². The summed E-state index contributed by atoms with van der Waals surface area (Å²) in [5, 5.41) is 0. The molecule has 0 spiro atoms. The highest BCUT2D eigenvalue weighted by molar-refractivity contribution is 8.22. The Morgan fingerprint density at radius 3 is 1.78 bits per heavy atom. The molecule has 0 radical (unpaired) electrons. The monoisotopic (exact) mass is 273 g/mol. The summed E-state index contributed by atoms with van der Waals surface area (Å²) in [7, 11) is 0. The predicted molar refractivity (Wildman–Crippen MR) is 84.0 cm³/mol. The molecule has 2 aromatic rings. The van der Waals surface area contributed by atoms with E-state index in [0.717, 1.165) is 5.75 Å². The molecule has 3 heteroatoms. The number of hydrogen-bond donors (Lipinski definition) is 1. The Balaban J connectivity index is 2.26. The van der Waals surface area contributed by atoms with Gasteiger partial charge >= 0.3 is 0 Å². The van der Waals surface area contributed by atoms with E-state index in [9.17, 15) is 0 Å². The Hall–Kier alpha value is -1.32. The van der Waals surface area contributed by atoms with Gasteiger partial charge in [0.1, 0.15) is 4.32 Å². The summed E-state index contributed by atoms with van der Waals surface area (Å²) < 4.78 is 0.506. The summed E-state index contributed by atoms with van der Waals surface area (Å²) in [4.78, 5) is 0. The Morgan fingerprint density at radius 2 is 1.39 bits per heavy atom. The van der Waals surface area contributed by atoms with E-state index in [1.165, 1.54) is 22.9 Å². The molecule has 2 N–H and O–H groups in total. The first-order chi connectivity index (χ1) is 8.77. The Morgan fingerprint density at radius 1 is 0.944 bits per heavy atom. The van der Waals surface area contributed by atoms with Crippen molar-refractivity contribution in [1.29, 1.82) is 0 Å². The summed E-state index contributed by atoms with van der Waals surface area (Å²) in [5.41, 5.74) is 8.19. The predicted octanol–water partition coefficient (Wildman–Crippen LogP) is 3.80. The van der Waals surface area contributed by atoms with Crippen molar-refractivity contribution in [3.8, 4) is 0 Å². The summed E-state index contributed by atoms with van der Waals surface area (Å²) >= 11 is 6.49. The third-order valence-corrected chi connectivity index (χ3v) is 3.93. The highest BCUT2D eigenvalue weighted by atomic mass is 32.2. The highest BCUT2D eigenvalue weighted by Gasteiger charge is 2.14. The number of thiocarbonyl (C=S) groups is 1. The summed E-state index contributed by atoms with van der Waals surface area (Å²) in [6, 6.07) is 20.9. The molecule has 0 atom stereocenters. The molecule has 92 valence electrons. The summed E-state index contributed by atoms with van der Waals surface area (Å²) in [5.74, 6) is 1.21. The molecule has 0 aliphatic rings. The number of nitrogens with two attached hydrogens (primary N) is 1. The first-order valence-electron chi connectivity index (χ1n) is 5.79. The topological polar surface area (TPSA) is 26.0 Å². The maximum Gasteiger partial charge on any atom is 0.131 e. The van der Waals surface area contributed by atoms with Crippen molar-refractivity contribution in [3.63, 3.8) is 0 Å². The maximum atomic E-state index is 5.59. The molecule has 0 aromatic heterocycles. The van der Waals surface area contributed by atoms with E-state index in [-0.39, 0.29) is 0 Å². The average Bonchev–Trinajstić information content (AvgIpc) is 2.41. The van der Waals surface area contributed by atoms with Crippen molar-refractivity contribution in [3.05, 3.63) is 71.8 Å². The van der Waals surface area contributed by atoms with E-state index in [1.54, 1.807) is 0 Å². The van der Waals surface area contributed by atoms with Crippen LogP contribution in [0, 0.1) is 0 Å². The first-order valence-corrected chi connectivity index (χ1v) is 7.19. The van der Waals surface area contributed by atoms with Gasteiger partial charge in [-0.15, -0.1) is 0 Å². The van der Waals surface area contributed by atoms with Crippen LogP contribution in [-0.2, 0) is 0 Å². The molecule has 0 heterocycles. The fraction of sp³-hybridized carbons (Fsp3) is 0.133. The highest BCUT2D eigenvalue weighted by Crippen LogP contribution is 2.28. The van der Waals surface area contributed by atoms with Crippen LogP contribution in [0.25, 0.3) is 0 Å². The third kappa shape index (κ3) is 3.59. The molecule has 2 aromatic carbocycles. The lowest BCUT2D eigenvalue weighted by Gasteiger charge is -2.17. The number of hydrogen-bond acceptors (Lipinski definition) is 2. The van der Waals surface area contributed by atoms with Crippen LogP contribution in [0.2, 0.25) is 0 Å². The van der Waals surface area contributed by atoms with Crippen LogP contribution in [0.15, 0.2) is 60.7 Å². The van der Waals surface area contributed by atoms with Crippen molar-refractivity contribution >= 4 is 28.3 Å². The molecule has 0 amide bonds. The van der Waals surface area contributed by atoms with Crippen molar-refractivity contribution in [1.82, 2.24) is 0 Å². The maximum absolute atomic E-state index is 5.59. The van der Waals surface area contributed by atoms with Gasteiger partial charge in [-0.25, -0.2) is 0 Å². The second-order valence-electron chi connectivity index (χ2n) is 4.00. The minimum Gasteiger partial charge on any atom is -0.385 e. The van der Waals surface area contributed by atoms with Gasteiger partial charge in [-0.1, -0.05) is 84.6 Å². The molecule has 0 fully saturated rings. The van der Waals surface area contributed by atoms with E-state index in [0.29, 0.717) is 10.2 Å². The lowest BCUT2D eigenvalue weighted by Crippen LogP contribution is -2.09. The third-order valence-electron chi connectivity index (χ3n) is 2.80. The largest absolute Gasteiger partial charge is 0.385 e. The SMILES string of the molecule is NC(=S)SCC(c1ccccc1)c1ccccc1. The molecule has 0 unspecified atom stereocenters. The van der Waals surface area contributed by atoms with Crippen LogP contribution in [-0.4, -0.2) is 10.1 Å². The van der Waals surface area contributed by atoms with E-state index >= 15 is 0 Å². The molecular weight excluding hydrogens is 258 g/mol. The van der Waals surface area contributed by atoms with Crippen LogP contribution in [0.3, 0.4) is 0 Å². The fourth-order valence-corrected chi connectivity index (χ4v) is 2.84. The zero-order valence-electron chi connectivity index (χ0n) is 9.95. The normalized spacial score (nSPS) is 10.5. The van der Waals surface area contributed by atoms with Crippen LogP contribution in [0.5, 0.6) is 0 Å². The van der Waals surface area contributed by atoms with Crippen molar-refractivity contribution in [2.45, 2.75) is 5.92 Å². The standard InChI is InChI=1S/C15H15NS2/c16-15(17)18-11-14(12-7-3-1-4-8-12)13-9-5-2-6-10-13/h1-10,14H,11H2,(H2,16,17). The van der Waals surface area contributed by atoms with E-state index < -0.39 is 0 Å². The summed E-state index contributed by atoms with van der Waals surface area (Å²) in [6.45, 7) is 0. The average molecular weight is 273 g/mol. The van der Waals surface area contributed by atoms with Gasteiger partial charge in [-0.05, 0) is 11.1 Å². The quantitative estimate of drug-likeness (QED) is 0.858. The molecular formula is C15H15NS2. The van der Waals surface area contributed by atoms with E-state index in [1.807, 2.05) is 12.1 Å². The minimum absolute atomic E-state index is 0.332. The molecule has 18 heavy (non-hydrogen) atoms. The molecule has 0 aliphatic carbocycles. The van der Waals surface area contributed by atoms with Gasteiger partial charge in [-0.2, -0.15) is 0 Å². The van der Waals surface area contributed by atoms with Gasteiger partial charge in [0.25, 0.3) is 0 Å². The second kappa shape index (κ2) is 6.57. The van der Waals surface area contributed by atoms with Crippen LogP contribution >= 0.6 is 24.0 Å². The van der Waals surface area contributed by atoms with Gasteiger partial charge in [-0.3, -0.25) is 0 Å². The lowest BCUT2D eigenvalue weighted by molar-refractivity contribution is 0.939. The first kappa shape index (κ1) is 13.1. The van der Waals surface area contributed by atoms with E-state index in [4.69, 9.17) is 18.0 Å². The molecule has 0 bridgehead atoms. The molecule has 0 saturated carbocycles. The van der Waals surface area contributed by atoms with Gasteiger partial charge in [0, 0.05) is 11.7 Å². The Kier molecular flexibility index (Phi) is 4.79. The summed E-state index contributed by atoms with van der Waals surface area (Å²) in [6.07, 6.45) is 0. The van der Waals surface area contributed by atoms with Crippen LogP contribution < -0.4 is 5.73 Å². The Bertz CT molecular complexity index is 457. The number of thioether (sulfide) groups is 1. The molecule has 2 rings (SSSR count). The molecule has 1 nitrogen and oxygen atoms in total. The van der Waals surface area contributed by atoms with Crippen LogP contribution in [0.4, 0.5) is 0 Å². The minimum atomic E-state index is 0.332. The zero-order valence-corrected chi connectivity index (χ0v) is 11.6. The zero-order chi connectivity index (χ0) is 12.8. The molecule has 0 aliphatic heterocycles. The smallest absolute Gasteiger partial charge is 0.131 e. The fourth-order valence-electron chi connectivity index (χ4n) is 1.92. The van der Waals surface area contributed by atoms with Crippen LogP contribution in [0.1, 0.15) is 17.0 Å². The second-order valence-corrected chi connectivity index (χ2v) is 5.76. The number of benzene rings is 2. The lowest BCUT2D eigenvalue weighted by atomic mass is 9.93.